The van der Waals surface area contributed by atoms with Crippen LogP contribution in [0.4, 0.5) is 0 Å². The van der Waals surface area contributed by atoms with Crippen LogP contribution in [0.2, 0.25) is 0 Å². The van der Waals surface area contributed by atoms with Gasteiger partial charge in [-0.3, -0.25) is 9.59 Å². The number of quaternary nitrogens is 1. The number of nitrogens with zero attached hydrogens (tertiary/aromatic N) is 1. The number of aliphatic hydroxyl groups is 2. The van der Waals surface area contributed by atoms with E-state index in [4.69, 9.17) is 0 Å². The number of aliphatic hydroxyl groups excluding tert-OH is 2. The molecule has 0 aliphatic heterocycles. The average Bonchev–Trinajstić information content (AvgIpc) is 3.06. The minimum atomic E-state index is -0.981. The molecule has 0 aromatic heterocycles. The Hall–Kier alpha value is -1.30. The molecule has 5 heteroatoms. The van der Waals surface area contributed by atoms with Crippen LogP contribution < -0.4 is 0 Å². The first kappa shape index (κ1) is 46.7. The van der Waals surface area contributed by atoms with Crippen molar-refractivity contribution in [1.29, 1.82) is 0 Å². The van der Waals surface area contributed by atoms with Gasteiger partial charge in [-0.1, -0.05) is 141 Å². The molecule has 0 saturated carbocycles. The molecular weight excluding hydrogens is 594 g/mol. The summed E-state index contributed by atoms with van der Waals surface area (Å²) in [6.07, 6.45) is 41.0. The third-order valence-electron chi connectivity index (χ3n) is 10.0. The molecule has 2 atom stereocenters. The second-order valence-corrected chi connectivity index (χ2v) is 15.1. The van der Waals surface area contributed by atoms with E-state index in [0.29, 0.717) is 19.4 Å². The molecule has 0 saturated heterocycles. The summed E-state index contributed by atoms with van der Waals surface area (Å²) in [5.74, 6) is -0.611. The first-order chi connectivity index (χ1) is 23.3. The van der Waals surface area contributed by atoms with E-state index in [9.17, 15) is 19.8 Å². The molecule has 48 heavy (non-hydrogen) atoms. The molecule has 5 nitrogen and oxygen atoms in total. The summed E-state index contributed by atoms with van der Waals surface area (Å²) >= 11 is 0. The maximum atomic E-state index is 13.3. The molecule has 0 aromatic carbocycles. The lowest BCUT2D eigenvalue weighted by Crippen LogP contribution is -2.55. The Bertz CT molecular complexity index is 790. The molecule has 0 aromatic rings. The molecule has 0 fully saturated rings. The summed E-state index contributed by atoms with van der Waals surface area (Å²) in [5, 5.41) is 20.7. The van der Waals surface area contributed by atoms with Gasteiger partial charge in [0, 0.05) is 19.3 Å². The lowest BCUT2D eigenvalue weighted by atomic mass is 9.89. The minimum Gasteiger partial charge on any atom is -0.391 e. The number of likely N-dealkylation sites (N-methyl/N-ethyl adjacent to an activating group) is 1. The van der Waals surface area contributed by atoms with Gasteiger partial charge in [0.2, 0.25) is 6.23 Å². The zero-order valence-corrected chi connectivity index (χ0v) is 32.5. The lowest BCUT2D eigenvalue weighted by Gasteiger charge is -2.37. The largest absolute Gasteiger partial charge is 0.391 e. The van der Waals surface area contributed by atoms with Crippen LogP contribution in [0.15, 0.2) is 24.3 Å². The highest BCUT2D eigenvalue weighted by Crippen LogP contribution is 2.23. The number of hydrogen-bond acceptors (Lipinski definition) is 4. The van der Waals surface area contributed by atoms with Crippen molar-refractivity contribution in [3.63, 3.8) is 0 Å². The Balaban J connectivity index is 4.27. The molecule has 282 valence electrons. The molecule has 0 aliphatic carbocycles. The summed E-state index contributed by atoms with van der Waals surface area (Å²) in [6.45, 7) is 4.80. The van der Waals surface area contributed by atoms with E-state index in [1.54, 1.807) is 0 Å². The molecule has 0 amide bonds. The fraction of sp³-hybridized carbons (Fsp3) is 0.860. The van der Waals surface area contributed by atoms with Gasteiger partial charge in [-0.05, 0) is 64.2 Å². The third kappa shape index (κ3) is 28.5. The summed E-state index contributed by atoms with van der Waals surface area (Å²) in [7, 11) is 3.66. The standard InChI is InChI=1S/C43H82NO4/c1-5-7-9-11-13-15-17-19-21-23-25-27-29-31-33-35-40(46)39-41(43(48)44(3,4)37-38-45)42(47)36-34-32-30-28-26-24-22-20-18-16-14-12-10-8-6-2/h19-22,41,43,45,48H,5-18,23-39H2,1-4H3/q+1/b21-19-,22-20-. The number of ketones is 2. The van der Waals surface area contributed by atoms with Crippen molar-refractivity contribution >= 4 is 11.6 Å². The van der Waals surface area contributed by atoms with Crippen molar-refractivity contribution in [2.45, 2.75) is 206 Å². The van der Waals surface area contributed by atoms with Crippen LogP contribution >= 0.6 is 0 Å². The first-order valence-corrected chi connectivity index (χ1v) is 20.8. The fourth-order valence-electron chi connectivity index (χ4n) is 6.56. The Kier molecular flexibility index (Phi) is 33.2. The molecule has 0 spiro atoms. The van der Waals surface area contributed by atoms with E-state index < -0.39 is 12.1 Å². The Morgan fingerprint density at radius 3 is 1.29 bits per heavy atom. The van der Waals surface area contributed by atoms with E-state index in [2.05, 4.69) is 38.2 Å². The number of rotatable bonds is 37. The quantitative estimate of drug-likeness (QED) is 0.0297. The number of carbonyl (C=O) groups excluding carboxylic acids is 2. The highest BCUT2D eigenvalue weighted by Gasteiger charge is 2.38. The number of allylic oxidation sites excluding steroid dienone is 4. The Labute approximate surface area is 299 Å². The van der Waals surface area contributed by atoms with Gasteiger partial charge in [0.25, 0.3) is 0 Å². The normalized spacial score (nSPS) is 13.5. The number of unbranched alkanes of at least 4 members (excludes halogenated alkanes) is 22. The van der Waals surface area contributed by atoms with Crippen molar-refractivity contribution in [1.82, 2.24) is 0 Å². The fourth-order valence-corrected chi connectivity index (χ4v) is 6.56. The molecule has 0 radical (unpaired) electrons. The van der Waals surface area contributed by atoms with Gasteiger partial charge >= 0.3 is 0 Å². The van der Waals surface area contributed by atoms with E-state index in [-0.39, 0.29) is 29.1 Å². The minimum absolute atomic E-state index is 0.00200. The molecule has 2 unspecified atom stereocenters. The van der Waals surface area contributed by atoms with Crippen molar-refractivity contribution in [3.05, 3.63) is 24.3 Å². The van der Waals surface area contributed by atoms with E-state index >= 15 is 0 Å². The highest BCUT2D eigenvalue weighted by atomic mass is 16.3. The maximum Gasteiger partial charge on any atom is 0.200 e. The maximum absolute atomic E-state index is 13.3. The second kappa shape index (κ2) is 34.2. The summed E-state index contributed by atoms with van der Waals surface area (Å²) in [6, 6.07) is 0. The summed E-state index contributed by atoms with van der Waals surface area (Å²) in [4.78, 5) is 26.3. The van der Waals surface area contributed by atoms with E-state index in [1.807, 2.05) is 14.1 Å². The molecule has 0 bridgehead atoms. The highest BCUT2D eigenvalue weighted by molar-refractivity contribution is 5.88. The van der Waals surface area contributed by atoms with Crippen molar-refractivity contribution in [3.8, 4) is 0 Å². The van der Waals surface area contributed by atoms with Crippen LogP contribution in [0.5, 0.6) is 0 Å². The van der Waals surface area contributed by atoms with Crippen LogP contribution in [0, 0.1) is 5.92 Å². The van der Waals surface area contributed by atoms with E-state index in [0.717, 1.165) is 51.4 Å². The molecule has 0 aliphatic rings. The first-order valence-electron chi connectivity index (χ1n) is 20.8. The van der Waals surface area contributed by atoms with Crippen LogP contribution in [-0.4, -0.2) is 59.7 Å². The van der Waals surface area contributed by atoms with Crippen LogP contribution in [0.3, 0.4) is 0 Å². The van der Waals surface area contributed by atoms with Crippen LogP contribution in [-0.2, 0) is 9.59 Å². The SMILES string of the molecule is CCCCCCCC/C=C\CCCCCCCC(=O)CC(C(=O)CCCCCCC/C=C\CCCCCCCC)C(O)[N+](C)(C)CCO. The topological polar surface area (TPSA) is 74.6 Å². The van der Waals surface area contributed by atoms with Crippen molar-refractivity contribution in [2.75, 3.05) is 27.2 Å². The number of carbonyl (C=O) groups is 2. The van der Waals surface area contributed by atoms with Gasteiger partial charge in [0.05, 0.1) is 20.7 Å². The predicted octanol–water partition coefficient (Wildman–Crippen LogP) is 11.6. The molecule has 2 N–H and O–H groups in total. The molecular formula is C43H82NO4+. The monoisotopic (exact) mass is 677 g/mol. The van der Waals surface area contributed by atoms with Crippen LogP contribution in [0.1, 0.15) is 200 Å². The predicted molar refractivity (Wildman–Crippen MR) is 207 cm³/mol. The van der Waals surface area contributed by atoms with Gasteiger partial charge in [0.15, 0.2) is 0 Å². The Morgan fingerprint density at radius 1 is 0.542 bits per heavy atom. The smallest absolute Gasteiger partial charge is 0.200 e. The van der Waals surface area contributed by atoms with Crippen molar-refractivity contribution < 1.29 is 24.3 Å². The van der Waals surface area contributed by atoms with Gasteiger partial charge in [-0.25, -0.2) is 0 Å². The van der Waals surface area contributed by atoms with Crippen molar-refractivity contribution in [2.24, 2.45) is 5.92 Å². The number of Topliss-reactive ketones (excluding diaryl/α,β-unsaturated/α-hetero) is 2. The van der Waals surface area contributed by atoms with Gasteiger partial charge in [0.1, 0.15) is 24.0 Å². The average molecular weight is 677 g/mol. The summed E-state index contributed by atoms with van der Waals surface area (Å²) < 4.78 is 0.125. The zero-order valence-electron chi connectivity index (χ0n) is 32.5. The number of hydrogen-bond donors (Lipinski definition) is 2. The third-order valence-corrected chi connectivity index (χ3v) is 10.0. The second-order valence-electron chi connectivity index (χ2n) is 15.1. The molecule has 0 heterocycles. The van der Waals surface area contributed by atoms with Gasteiger partial charge < -0.3 is 14.7 Å². The van der Waals surface area contributed by atoms with Gasteiger partial charge in [-0.15, -0.1) is 0 Å². The lowest BCUT2D eigenvalue weighted by molar-refractivity contribution is -0.939. The Morgan fingerprint density at radius 2 is 0.896 bits per heavy atom. The van der Waals surface area contributed by atoms with Gasteiger partial charge in [-0.2, -0.15) is 0 Å². The molecule has 0 rings (SSSR count). The summed E-state index contributed by atoms with van der Waals surface area (Å²) in [5.41, 5.74) is 0. The van der Waals surface area contributed by atoms with E-state index in [1.165, 1.54) is 116 Å². The van der Waals surface area contributed by atoms with Crippen LogP contribution in [0.25, 0.3) is 0 Å². The zero-order chi connectivity index (χ0) is 35.6.